The van der Waals surface area contributed by atoms with E-state index in [0.717, 1.165) is 25.0 Å². The zero-order valence-corrected chi connectivity index (χ0v) is 10.4. The zero-order valence-electron chi connectivity index (χ0n) is 10.4. The Hall–Kier alpha value is -1.55. The van der Waals surface area contributed by atoms with Crippen LogP contribution in [0.2, 0.25) is 0 Å². The predicted molar refractivity (Wildman–Crippen MR) is 68.8 cm³/mol. The van der Waals surface area contributed by atoms with E-state index in [1.165, 1.54) is 11.1 Å². The average molecular weight is 249 g/mol. The number of hydrogen-bond acceptors (Lipinski definition) is 3. The number of ether oxygens (including phenoxy) is 1. The molecule has 0 saturated carbocycles. The lowest BCUT2D eigenvalue weighted by Gasteiger charge is -2.23. The van der Waals surface area contributed by atoms with Crippen molar-refractivity contribution < 1.29 is 14.6 Å². The van der Waals surface area contributed by atoms with E-state index < -0.39 is 5.97 Å². The molecule has 0 bridgehead atoms. The molecule has 1 aliphatic carbocycles. The molecule has 0 heterocycles. The third-order valence-corrected chi connectivity index (χ3v) is 3.36. The van der Waals surface area contributed by atoms with Gasteiger partial charge in [0.25, 0.3) is 0 Å². The van der Waals surface area contributed by atoms with Gasteiger partial charge in [-0.05, 0) is 48.4 Å². The molecule has 1 aromatic rings. The summed E-state index contributed by atoms with van der Waals surface area (Å²) in [5.41, 5.74) is 7.94. The zero-order chi connectivity index (χ0) is 13.0. The molecule has 0 amide bonds. The topological polar surface area (TPSA) is 72.5 Å². The minimum atomic E-state index is -0.709. The van der Waals surface area contributed by atoms with Crippen LogP contribution in [0.15, 0.2) is 18.2 Å². The summed E-state index contributed by atoms with van der Waals surface area (Å²) in [5, 5.41) is 8.85. The van der Waals surface area contributed by atoms with Crippen molar-refractivity contribution in [1.82, 2.24) is 0 Å². The van der Waals surface area contributed by atoms with Crippen molar-refractivity contribution in [3.05, 3.63) is 29.3 Å². The van der Waals surface area contributed by atoms with Crippen molar-refractivity contribution in [3.63, 3.8) is 0 Å². The molecule has 3 N–H and O–H groups in total. The lowest BCUT2D eigenvalue weighted by atomic mass is 9.82. The first kappa shape index (κ1) is 12.9. The molecule has 2 rings (SSSR count). The van der Waals surface area contributed by atoms with Crippen LogP contribution >= 0.6 is 0 Å². The summed E-state index contributed by atoms with van der Waals surface area (Å²) in [5.74, 6) is 0.369. The van der Waals surface area contributed by atoms with Crippen molar-refractivity contribution in [2.24, 2.45) is 11.7 Å². The van der Waals surface area contributed by atoms with Crippen LogP contribution in [-0.2, 0) is 17.6 Å². The van der Waals surface area contributed by atoms with E-state index in [4.69, 9.17) is 15.6 Å². The first-order valence-electron chi connectivity index (χ1n) is 6.35. The predicted octanol–water partition coefficient (Wildman–Crippen LogP) is 1.60. The van der Waals surface area contributed by atoms with Gasteiger partial charge in [0.15, 0.2) is 0 Å². The highest BCUT2D eigenvalue weighted by Gasteiger charge is 2.21. The molecule has 0 spiro atoms. The molecule has 1 unspecified atom stereocenters. The van der Waals surface area contributed by atoms with Crippen LogP contribution in [0, 0.1) is 5.92 Å². The van der Waals surface area contributed by atoms with Gasteiger partial charge in [0.2, 0.25) is 0 Å². The highest BCUT2D eigenvalue weighted by atomic mass is 16.5. The maximum absolute atomic E-state index is 10.7. The fraction of sp³-hybridized carbons (Fsp3) is 0.500. The molecule has 0 saturated heterocycles. The molecule has 1 aliphatic rings. The Morgan fingerprint density at radius 2 is 2.28 bits per heavy atom. The van der Waals surface area contributed by atoms with Crippen molar-refractivity contribution in [2.75, 3.05) is 13.2 Å². The van der Waals surface area contributed by atoms with E-state index in [0.29, 0.717) is 13.2 Å². The minimum Gasteiger partial charge on any atom is -0.492 e. The van der Waals surface area contributed by atoms with Gasteiger partial charge in [0.1, 0.15) is 12.4 Å². The number of carboxylic acid groups (broad SMARTS) is 1. The number of nitrogens with two attached hydrogens (primary N) is 1. The molecule has 0 aliphatic heterocycles. The van der Waals surface area contributed by atoms with E-state index in [9.17, 15) is 4.79 Å². The molecule has 0 aromatic heterocycles. The van der Waals surface area contributed by atoms with Crippen LogP contribution in [-0.4, -0.2) is 24.2 Å². The maximum atomic E-state index is 10.7. The third kappa shape index (κ3) is 3.23. The van der Waals surface area contributed by atoms with Crippen molar-refractivity contribution >= 4 is 5.97 Å². The average Bonchev–Trinajstić information content (AvgIpc) is 2.35. The SMILES string of the molecule is NCCOc1ccc2c(c1)CC(CC(=O)O)CC2. The number of aryl methyl sites for hydroxylation is 1. The molecule has 98 valence electrons. The van der Waals surface area contributed by atoms with Crippen LogP contribution in [0.1, 0.15) is 24.0 Å². The molecule has 18 heavy (non-hydrogen) atoms. The first-order valence-corrected chi connectivity index (χ1v) is 6.35. The van der Waals surface area contributed by atoms with Gasteiger partial charge in [0, 0.05) is 13.0 Å². The number of rotatable bonds is 5. The quantitative estimate of drug-likeness (QED) is 0.831. The van der Waals surface area contributed by atoms with Gasteiger partial charge in [-0.25, -0.2) is 0 Å². The summed E-state index contributed by atoms with van der Waals surface area (Å²) >= 11 is 0. The van der Waals surface area contributed by atoms with Crippen LogP contribution < -0.4 is 10.5 Å². The second-order valence-electron chi connectivity index (χ2n) is 4.77. The van der Waals surface area contributed by atoms with Gasteiger partial charge in [-0.2, -0.15) is 0 Å². The molecule has 1 aromatic carbocycles. The van der Waals surface area contributed by atoms with E-state index in [1.807, 2.05) is 12.1 Å². The third-order valence-electron chi connectivity index (χ3n) is 3.36. The summed E-state index contributed by atoms with van der Waals surface area (Å²) in [7, 11) is 0. The van der Waals surface area contributed by atoms with Gasteiger partial charge >= 0.3 is 5.97 Å². The van der Waals surface area contributed by atoms with E-state index in [1.54, 1.807) is 0 Å². The largest absolute Gasteiger partial charge is 0.492 e. The number of hydrogen-bond donors (Lipinski definition) is 2. The molecule has 0 radical (unpaired) electrons. The van der Waals surface area contributed by atoms with Gasteiger partial charge in [-0.15, -0.1) is 0 Å². The maximum Gasteiger partial charge on any atom is 0.303 e. The van der Waals surface area contributed by atoms with Gasteiger partial charge in [-0.1, -0.05) is 6.07 Å². The molecular weight excluding hydrogens is 230 g/mol. The number of carbonyl (C=O) groups is 1. The normalized spacial score (nSPS) is 18.2. The number of carboxylic acids is 1. The monoisotopic (exact) mass is 249 g/mol. The second-order valence-corrected chi connectivity index (χ2v) is 4.77. The summed E-state index contributed by atoms with van der Waals surface area (Å²) in [4.78, 5) is 10.7. The Morgan fingerprint density at radius 1 is 1.44 bits per heavy atom. The summed E-state index contributed by atoms with van der Waals surface area (Å²) < 4.78 is 5.50. The number of aliphatic carboxylic acids is 1. The number of benzene rings is 1. The van der Waals surface area contributed by atoms with Crippen molar-refractivity contribution in [2.45, 2.75) is 25.7 Å². The Balaban J connectivity index is 2.06. The standard InChI is InChI=1S/C14H19NO3/c15-5-6-18-13-4-3-11-2-1-10(8-14(16)17)7-12(11)9-13/h3-4,9-10H,1-2,5-8,15H2,(H,16,17). The Bertz CT molecular complexity index is 431. The Morgan fingerprint density at radius 3 is 3.00 bits per heavy atom. The van der Waals surface area contributed by atoms with E-state index in [-0.39, 0.29) is 12.3 Å². The fourth-order valence-electron chi connectivity index (χ4n) is 2.50. The van der Waals surface area contributed by atoms with E-state index in [2.05, 4.69) is 6.07 Å². The minimum absolute atomic E-state index is 0.250. The summed E-state index contributed by atoms with van der Waals surface area (Å²) in [6, 6.07) is 6.07. The van der Waals surface area contributed by atoms with Crippen LogP contribution in [0.3, 0.4) is 0 Å². The second kappa shape index (κ2) is 5.87. The Kier molecular flexibility index (Phi) is 4.20. The lowest BCUT2D eigenvalue weighted by molar-refractivity contribution is -0.138. The highest BCUT2D eigenvalue weighted by molar-refractivity contribution is 5.67. The Labute approximate surface area is 107 Å². The van der Waals surface area contributed by atoms with Gasteiger partial charge in [0.05, 0.1) is 0 Å². The fourth-order valence-corrected chi connectivity index (χ4v) is 2.50. The molecular formula is C14H19NO3. The van der Waals surface area contributed by atoms with E-state index >= 15 is 0 Å². The highest BCUT2D eigenvalue weighted by Crippen LogP contribution is 2.30. The number of fused-ring (bicyclic) bond motifs is 1. The van der Waals surface area contributed by atoms with Crippen LogP contribution in [0.5, 0.6) is 5.75 Å². The molecule has 1 atom stereocenters. The smallest absolute Gasteiger partial charge is 0.303 e. The van der Waals surface area contributed by atoms with Gasteiger partial charge < -0.3 is 15.6 Å². The molecule has 4 nitrogen and oxygen atoms in total. The van der Waals surface area contributed by atoms with Crippen molar-refractivity contribution in [3.8, 4) is 5.75 Å². The summed E-state index contributed by atoms with van der Waals surface area (Å²) in [6.45, 7) is 1.01. The lowest BCUT2D eigenvalue weighted by Crippen LogP contribution is -2.18. The van der Waals surface area contributed by atoms with Crippen molar-refractivity contribution in [1.29, 1.82) is 0 Å². The molecule has 0 fully saturated rings. The molecule has 4 heteroatoms. The van der Waals surface area contributed by atoms with Crippen LogP contribution in [0.25, 0.3) is 0 Å². The van der Waals surface area contributed by atoms with Gasteiger partial charge in [-0.3, -0.25) is 4.79 Å². The first-order chi connectivity index (χ1) is 8.69. The van der Waals surface area contributed by atoms with Crippen LogP contribution in [0.4, 0.5) is 0 Å². The summed E-state index contributed by atoms with van der Waals surface area (Å²) in [6.07, 6.45) is 3.02.